The van der Waals surface area contributed by atoms with Crippen molar-refractivity contribution in [2.45, 2.75) is 58.7 Å². The Kier molecular flexibility index (Phi) is 3.53. The molecule has 0 aliphatic carbocycles. The van der Waals surface area contributed by atoms with Crippen LogP contribution in [0.25, 0.3) is 0 Å². The van der Waals surface area contributed by atoms with Gasteiger partial charge in [0.05, 0.1) is 0 Å². The van der Waals surface area contributed by atoms with E-state index in [2.05, 4.69) is 26.1 Å². The number of nitrogens with zero attached hydrogens (tertiary/aromatic N) is 1. The van der Waals surface area contributed by atoms with E-state index in [0.717, 1.165) is 0 Å². The highest BCUT2D eigenvalue weighted by atomic mass is 16.6. The van der Waals surface area contributed by atoms with Crippen LogP contribution in [0.4, 0.5) is 4.79 Å². The minimum atomic E-state index is -0.421. The van der Waals surface area contributed by atoms with Crippen molar-refractivity contribution < 1.29 is 9.53 Å². The summed E-state index contributed by atoms with van der Waals surface area (Å²) in [6, 6.07) is 0.302. The highest BCUT2D eigenvalue weighted by molar-refractivity contribution is 5.68. The van der Waals surface area contributed by atoms with E-state index in [1.54, 1.807) is 4.90 Å². The number of carbonyl (C=O) groups is 1. The Morgan fingerprint density at radius 3 is 2.44 bits per heavy atom. The summed E-state index contributed by atoms with van der Waals surface area (Å²) in [5.41, 5.74) is -0.468. The van der Waals surface area contributed by atoms with Crippen molar-refractivity contribution in [1.82, 2.24) is 10.2 Å². The maximum Gasteiger partial charge on any atom is 0.410 e. The van der Waals surface area contributed by atoms with Crippen molar-refractivity contribution in [2.75, 3.05) is 13.1 Å². The van der Waals surface area contributed by atoms with Crippen LogP contribution in [0.1, 0.15) is 41.5 Å². The van der Waals surface area contributed by atoms with Gasteiger partial charge in [0.15, 0.2) is 0 Å². The molecule has 1 N–H and O–H groups in total. The molecule has 0 radical (unpaired) electrons. The molecule has 0 bridgehead atoms. The Morgan fingerprint density at radius 2 is 2.00 bits per heavy atom. The molecule has 1 saturated heterocycles. The van der Waals surface area contributed by atoms with E-state index in [0.29, 0.717) is 19.1 Å². The molecule has 1 heterocycles. The minimum Gasteiger partial charge on any atom is -0.444 e. The van der Waals surface area contributed by atoms with Crippen molar-refractivity contribution in [2.24, 2.45) is 0 Å². The first kappa shape index (κ1) is 13.3. The van der Waals surface area contributed by atoms with E-state index in [-0.39, 0.29) is 11.6 Å². The second kappa shape index (κ2) is 4.24. The first-order valence-corrected chi connectivity index (χ1v) is 5.85. The summed E-state index contributed by atoms with van der Waals surface area (Å²) in [6.45, 7) is 13.3. The molecule has 0 saturated carbocycles. The van der Waals surface area contributed by atoms with Gasteiger partial charge in [0, 0.05) is 24.7 Å². The second-order valence-electron chi connectivity index (χ2n) is 6.29. The molecule has 0 aromatic carbocycles. The van der Waals surface area contributed by atoms with Crippen LogP contribution in [0.15, 0.2) is 0 Å². The molecule has 1 unspecified atom stereocenters. The molecule has 0 aromatic heterocycles. The summed E-state index contributed by atoms with van der Waals surface area (Å²) in [5, 5.41) is 3.45. The largest absolute Gasteiger partial charge is 0.444 e. The van der Waals surface area contributed by atoms with E-state index >= 15 is 0 Å². The zero-order chi connectivity index (χ0) is 12.6. The van der Waals surface area contributed by atoms with Gasteiger partial charge in [-0.25, -0.2) is 4.79 Å². The number of nitrogens with one attached hydrogen (secondary N) is 1. The fourth-order valence-corrected chi connectivity index (χ4v) is 2.10. The highest BCUT2D eigenvalue weighted by Gasteiger charge is 2.34. The first-order chi connectivity index (χ1) is 7.09. The third-order valence-electron chi connectivity index (χ3n) is 2.37. The molecular weight excluding hydrogens is 204 g/mol. The molecule has 4 heteroatoms. The number of amides is 1. The van der Waals surface area contributed by atoms with Crippen LogP contribution in [0.5, 0.6) is 0 Å². The second-order valence-corrected chi connectivity index (χ2v) is 6.29. The van der Waals surface area contributed by atoms with Gasteiger partial charge in [0.2, 0.25) is 0 Å². The van der Waals surface area contributed by atoms with Crippen LogP contribution in [0, 0.1) is 0 Å². The summed E-state index contributed by atoms with van der Waals surface area (Å²) in [7, 11) is 0. The lowest BCUT2D eigenvalue weighted by Gasteiger charge is -2.42. The predicted octanol–water partition coefficient (Wildman–Crippen LogP) is 1.99. The van der Waals surface area contributed by atoms with Gasteiger partial charge in [-0.2, -0.15) is 0 Å². The lowest BCUT2D eigenvalue weighted by atomic mass is 9.99. The monoisotopic (exact) mass is 228 g/mol. The molecule has 1 rings (SSSR count). The summed E-state index contributed by atoms with van der Waals surface area (Å²) < 4.78 is 5.38. The number of piperazine rings is 1. The van der Waals surface area contributed by atoms with E-state index in [1.807, 2.05) is 20.8 Å². The van der Waals surface area contributed by atoms with Crippen molar-refractivity contribution in [3.8, 4) is 0 Å². The molecule has 94 valence electrons. The molecular formula is C12H24N2O2. The quantitative estimate of drug-likeness (QED) is 0.689. The lowest BCUT2D eigenvalue weighted by molar-refractivity contribution is 0.0101. The highest BCUT2D eigenvalue weighted by Crippen LogP contribution is 2.17. The third-order valence-corrected chi connectivity index (χ3v) is 2.37. The van der Waals surface area contributed by atoms with Crippen LogP contribution >= 0.6 is 0 Å². The van der Waals surface area contributed by atoms with Gasteiger partial charge in [0.25, 0.3) is 0 Å². The zero-order valence-corrected chi connectivity index (χ0v) is 11.3. The number of hydrogen-bond donors (Lipinski definition) is 1. The van der Waals surface area contributed by atoms with Crippen LogP contribution in [0.3, 0.4) is 0 Å². The smallest absolute Gasteiger partial charge is 0.410 e. The van der Waals surface area contributed by atoms with Crippen molar-refractivity contribution in [3.05, 3.63) is 0 Å². The summed E-state index contributed by atoms with van der Waals surface area (Å²) in [6.07, 6.45) is -0.214. The molecule has 1 fully saturated rings. The summed E-state index contributed by atoms with van der Waals surface area (Å²) in [5.74, 6) is 0. The Hall–Kier alpha value is -0.770. The lowest BCUT2D eigenvalue weighted by Crippen LogP contribution is -2.62. The van der Waals surface area contributed by atoms with Crippen LogP contribution in [0.2, 0.25) is 0 Å². The van der Waals surface area contributed by atoms with E-state index < -0.39 is 5.60 Å². The molecule has 1 atom stereocenters. The summed E-state index contributed by atoms with van der Waals surface area (Å²) >= 11 is 0. The molecule has 16 heavy (non-hydrogen) atoms. The molecule has 1 aliphatic rings. The van der Waals surface area contributed by atoms with E-state index in [1.165, 1.54) is 0 Å². The Labute approximate surface area is 98.3 Å². The van der Waals surface area contributed by atoms with Gasteiger partial charge in [0.1, 0.15) is 5.60 Å². The van der Waals surface area contributed by atoms with Crippen molar-refractivity contribution in [3.63, 3.8) is 0 Å². The first-order valence-electron chi connectivity index (χ1n) is 5.85. The van der Waals surface area contributed by atoms with Crippen LogP contribution in [-0.2, 0) is 4.74 Å². The predicted molar refractivity (Wildman–Crippen MR) is 64.5 cm³/mol. The van der Waals surface area contributed by atoms with Crippen molar-refractivity contribution >= 4 is 6.09 Å². The number of hydrogen-bond acceptors (Lipinski definition) is 3. The van der Waals surface area contributed by atoms with Crippen LogP contribution in [-0.4, -0.2) is 41.3 Å². The average Bonchev–Trinajstić information content (AvgIpc) is 1.96. The van der Waals surface area contributed by atoms with Gasteiger partial charge in [-0.05, 0) is 41.5 Å². The SMILES string of the molecule is CC1CN(C(=O)OC(C)(C)C)CC(C)(C)N1. The molecule has 1 amide bonds. The maximum atomic E-state index is 11.9. The fourth-order valence-electron chi connectivity index (χ4n) is 2.10. The molecule has 4 nitrogen and oxygen atoms in total. The third kappa shape index (κ3) is 4.00. The normalized spacial score (nSPS) is 25.4. The van der Waals surface area contributed by atoms with Gasteiger partial charge < -0.3 is 15.0 Å². The molecule has 0 spiro atoms. The molecule has 0 aromatic rings. The standard InChI is InChI=1S/C12H24N2O2/c1-9-7-14(8-12(5,6)13-9)10(15)16-11(2,3)4/h9,13H,7-8H2,1-6H3. The topological polar surface area (TPSA) is 41.6 Å². The van der Waals surface area contributed by atoms with Gasteiger partial charge in [-0.1, -0.05) is 0 Å². The maximum absolute atomic E-state index is 11.9. The van der Waals surface area contributed by atoms with Gasteiger partial charge >= 0.3 is 6.09 Å². The Bertz CT molecular complexity index is 269. The number of rotatable bonds is 0. The molecule has 1 aliphatic heterocycles. The van der Waals surface area contributed by atoms with Crippen LogP contribution < -0.4 is 5.32 Å². The van der Waals surface area contributed by atoms with Gasteiger partial charge in [-0.3, -0.25) is 0 Å². The fraction of sp³-hybridized carbons (Fsp3) is 0.917. The average molecular weight is 228 g/mol. The van der Waals surface area contributed by atoms with Gasteiger partial charge in [-0.15, -0.1) is 0 Å². The van der Waals surface area contributed by atoms with E-state index in [9.17, 15) is 4.79 Å². The summed E-state index contributed by atoms with van der Waals surface area (Å²) in [4.78, 5) is 13.7. The minimum absolute atomic E-state index is 0.0471. The Morgan fingerprint density at radius 1 is 1.44 bits per heavy atom. The number of ether oxygens (including phenoxy) is 1. The zero-order valence-electron chi connectivity index (χ0n) is 11.3. The van der Waals surface area contributed by atoms with Crippen molar-refractivity contribution in [1.29, 1.82) is 0 Å². The van der Waals surface area contributed by atoms with E-state index in [4.69, 9.17) is 4.74 Å². The Balaban J connectivity index is 2.63. The number of carbonyl (C=O) groups excluding carboxylic acids is 1.